The number of rotatable bonds is 5. The third kappa shape index (κ3) is 9.30. The predicted octanol–water partition coefficient (Wildman–Crippen LogP) is 12.7. The van der Waals surface area contributed by atoms with E-state index in [0.29, 0.717) is 5.02 Å². The van der Waals surface area contributed by atoms with Crippen LogP contribution in [0.3, 0.4) is 0 Å². The summed E-state index contributed by atoms with van der Waals surface area (Å²) in [5.74, 6) is 0. The molecule has 0 atom stereocenters. The highest BCUT2D eigenvalue weighted by molar-refractivity contribution is 6.37. The van der Waals surface area contributed by atoms with Gasteiger partial charge in [-0.3, -0.25) is 9.97 Å². The van der Waals surface area contributed by atoms with E-state index in [1.54, 1.807) is 0 Å². The summed E-state index contributed by atoms with van der Waals surface area (Å²) in [5.41, 5.74) is 16.0. The van der Waals surface area contributed by atoms with E-state index in [2.05, 4.69) is 116 Å². The van der Waals surface area contributed by atoms with Gasteiger partial charge in [-0.15, -0.1) is 0 Å². The zero-order chi connectivity index (χ0) is 44.6. The number of nitrogens with zero attached hydrogens (tertiary/aromatic N) is 5. The molecule has 2 saturated heterocycles. The molecule has 2 aromatic heterocycles. The molecule has 6 aromatic rings. The average Bonchev–Trinajstić information content (AvgIpc) is 3.74. The average molecular weight is 908 g/mol. The van der Waals surface area contributed by atoms with Crippen LogP contribution in [0.4, 0.5) is 28.4 Å². The van der Waals surface area contributed by atoms with Gasteiger partial charge in [-0.25, -0.2) is 0 Å². The van der Waals surface area contributed by atoms with Gasteiger partial charge < -0.3 is 29.5 Å². The summed E-state index contributed by atoms with van der Waals surface area (Å²) in [5, 5.41) is 7.81. The Hall–Kier alpha value is -4.31. The van der Waals surface area contributed by atoms with Gasteiger partial charge in [0.15, 0.2) is 0 Å². The molecule has 332 valence electrons. The molecule has 2 fully saturated rings. The van der Waals surface area contributed by atoms with Crippen molar-refractivity contribution in [1.29, 1.82) is 0 Å². The lowest BCUT2D eigenvalue weighted by Gasteiger charge is -2.30. The number of nitrogens with one attached hydrogen (secondary N) is 1. The summed E-state index contributed by atoms with van der Waals surface area (Å²) in [6.07, 6.45) is 1.83. The van der Waals surface area contributed by atoms with Crippen molar-refractivity contribution >= 4 is 85.0 Å². The molecule has 0 unspecified atom stereocenters. The van der Waals surface area contributed by atoms with Crippen LogP contribution < -0.4 is 20.0 Å². The number of benzene rings is 4. The topological polar surface area (TPSA) is 66.0 Å². The van der Waals surface area contributed by atoms with Gasteiger partial charge in [-0.1, -0.05) is 88.5 Å². The first kappa shape index (κ1) is 45.3. The third-order valence-corrected chi connectivity index (χ3v) is 14.0. The van der Waals surface area contributed by atoms with Crippen molar-refractivity contribution in [3.05, 3.63) is 122 Å². The van der Waals surface area contributed by atoms with Crippen LogP contribution in [0.5, 0.6) is 0 Å². The van der Waals surface area contributed by atoms with Gasteiger partial charge in [-0.2, -0.15) is 0 Å². The monoisotopic (exact) mass is 906 g/mol. The van der Waals surface area contributed by atoms with Gasteiger partial charge in [0.2, 0.25) is 0 Å². The lowest BCUT2D eigenvalue weighted by molar-refractivity contribution is 0.122. The minimum absolute atomic E-state index is 0.0615. The largest absolute Gasteiger partial charge is 0.384 e. The Bertz CT molecular complexity index is 2640. The lowest BCUT2D eigenvalue weighted by Crippen LogP contribution is -2.36. The van der Waals surface area contributed by atoms with E-state index in [0.717, 1.165) is 127 Å². The molecule has 0 bridgehead atoms. The second kappa shape index (κ2) is 18.7. The number of halogens is 3. The van der Waals surface area contributed by atoms with Crippen LogP contribution in [0.2, 0.25) is 15.1 Å². The molecule has 0 aliphatic carbocycles. The second-order valence-corrected chi connectivity index (χ2v) is 19.6. The molecule has 8 nitrogen and oxygen atoms in total. The molecule has 4 aliphatic rings. The van der Waals surface area contributed by atoms with Crippen LogP contribution in [-0.2, 0) is 33.1 Å². The van der Waals surface area contributed by atoms with E-state index < -0.39 is 0 Å². The normalized spacial score (nSPS) is 17.4. The number of ether oxygens (including phenoxy) is 2. The zero-order valence-electron chi connectivity index (χ0n) is 38.1. The molecule has 63 heavy (non-hydrogen) atoms. The van der Waals surface area contributed by atoms with Gasteiger partial charge in [0.05, 0.1) is 48.2 Å². The maximum atomic E-state index is 6.45. The summed E-state index contributed by atoms with van der Waals surface area (Å²) < 4.78 is 11.0. The maximum Gasteiger partial charge on any atom is 0.0727 e. The van der Waals surface area contributed by atoms with Crippen molar-refractivity contribution in [3.8, 4) is 0 Å². The number of pyridine rings is 2. The molecule has 0 radical (unpaired) electrons. The molecule has 0 amide bonds. The Morgan fingerprint density at radius 2 is 1.14 bits per heavy atom. The Morgan fingerprint density at radius 1 is 0.619 bits per heavy atom. The van der Waals surface area contributed by atoms with Crippen molar-refractivity contribution in [3.63, 3.8) is 0 Å². The van der Waals surface area contributed by atoms with Gasteiger partial charge in [0.25, 0.3) is 0 Å². The Balaban J connectivity index is 0.000000143. The summed E-state index contributed by atoms with van der Waals surface area (Å²) in [6.45, 7) is 26.8. The number of aryl methyl sites for hydroxylation is 2. The van der Waals surface area contributed by atoms with Crippen molar-refractivity contribution in [2.45, 2.75) is 79.1 Å². The van der Waals surface area contributed by atoms with Crippen LogP contribution in [0, 0.1) is 13.8 Å². The van der Waals surface area contributed by atoms with E-state index in [-0.39, 0.29) is 10.8 Å². The molecule has 0 saturated carbocycles. The van der Waals surface area contributed by atoms with Crippen LogP contribution in [0.1, 0.15) is 75.2 Å². The Labute approximate surface area is 388 Å². The fraction of sp³-hybridized carbons (Fsp3) is 0.423. The van der Waals surface area contributed by atoms with Crippen molar-refractivity contribution in [2.75, 3.05) is 85.7 Å². The lowest BCUT2D eigenvalue weighted by atomic mass is 9.87. The van der Waals surface area contributed by atoms with Crippen LogP contribution in [0.25, 0.3) is 21.8 Å². The highest BCUT2D eigenvalue weighted by Crippen LogP contribution is 2.49. The minimum atomic E-state index is 0.0615. The Morgan fingerprint density at radius 3 is 1.73 bits per heavy atom. The fourth-order valence-electron chi connectivity index (χ4n) is 9.67. The first-order valence-corrected chi connectivity index (χ1v) is 23.6. The van der Waals surface area contributed by atoms with Crippen molar-refractivity contribution in [1.82, 2.24) is 9.97 Å². The fourth-order valence-corrected chi connectivity index (χ4v) is 10.4. The van der Waals surface area contributed by atoms with E-state index >= 15 is 0 Å². The molecular weight excluding hydrogens is 847 g/mol. The summed E-state index contributed by atoms with van der Waals surface area (Å²) >= 11 is 18.7. The highest BCUT2D eigenvalue weighted by Gasteiger charge is 2.38. The van der Waals surface area contributed by atoms with Crippen molar-refractivity contribution < 1.29 is 9.47 Å². The van der Waals surface area contributed by atoms with Gasteiger partial charge in [0, 0.05) is 105 Å². The second-order valence-electron chi connectivity index (χ2n) is 18.4. The molecule has 1 N–H and O–H groups in total. The number of anilines is 5. The van der Waals surface area contributed by atoms with E-state index in [9.17, 15) is 0 Å². The summed E-state index contributed by atoms with van der Waals surface area (Å²) in [6, 6.07) is 25.4. The van der Waals surface area contributed by atoms with Gasteiger partial charge in [-0.05, 0) is 110 Å². The number of fused-ring (bicyclic) bond motifs is 4. The molecule has 6 heterocycles. The van der Waals surface area contributed by atoms with Crippen molar-refractivity contribution in [2.24, 2.45) is 0 Å². The molecule has 10 rings (SSSR count). The van der Waals surface area contributed by atoms with E-state index in [4.69, 9.17) is 49.3 Å². The first-order chi connectivity index (χ1) is 30.2. The van der Waals surface area contributed by atoms with Gasteiger partial charge in [0.1, 0.15) is 0 Å². The number of hydrogen-bond acceptors (Lipinski definition) is 8. The van der Waals surface area contributed by atoms with E-state index in [1.807, 2.05) is 37.3 Å². The molecular formula is C52H61Cl3N6O2. The molecule has 11 heteroatoms. The minimum Gasteiger partial charge on any atom is -0.384 e. The third-order valence-electron chi connectivity index (χ3n) is 13.1. The SMILES string of the molecule is CC1(C)CNc2cc(N3CCOCC3)ccc21.CCc1c(C)nc2ccc(Cl)cc2c1Cl.CCc1c(C)nc2ccc(Cl)cc2c1N1CC(C)(C)c2ccc(N3CCOCC3)cc21. The predicted molar refractivity (Wildman–Crippen MR) is 267 cm³/mol. The molecule has 4 aliphatic heterocycles. The summed E-state index contributed by atoms with van der Waals surface area (Å²) in [7, 11) is 0. The zero-order valence-corrected chi connectivity index (χ0v) is 40.4. The van der Waals surface area contributed by atoms with E-state index in [1.165, 1.54) is 45.1 Å². The smallest absolute Gasteiger partial charge is 0.0727 e. The highest BCUT2D eigenvalue weighted by atomic mass is 35.5. The summed E-state index contributed by atoms with van der Waals surface area (Å²) in [4.78, 5) is 16.8. The first-order valence-electron chi connectivity index (χ1n) is 22.5. The Kier molecular flexibility index (Phi) is 13.4. The standard InChI is InChI=1S/C26H30ClN3O.C14H20N2O.C12H11Cl2N/c1-5-20-17(2)28-23-9-6-18(27)14-21(23)25(20)30-16-26(3,4)22-8-7-19(15-24(22)30)29-10-12-31-13-11-29;1-14(2)10-15-13-9-11(3-4-12(13)14)16-5-7-17-8-6-16;1-3-9-7(2)15-11-5-4-8(13)6-10(11)12(9)14/h6-9,14-15H,5,10-13,16H2,1-4H3;3-4,9,15H,5-8,10H2,1-2H3;4-6H,3H2,1-2H3. The molecule has 0 spiro atoms. The quantitative estimate of drug-likeness (QED) is 0.184. The van der Waals surface area contributed by atoms with Crippen LogP contribution in [0.15, 0.2) is 72.8 Å². The molecule has 4 aromatic carbocycles. The van der Waals surface area contributed by atoms with Gasteiger partial charge >= 0.3 is 0 Å². The maximum absolute atomic E-state index is 6.45. The number of aromatic nitrogens is 2. The number of hydrogen-bond donors (Lipinski definition) is 1. The van der Waals surface area contributed by atoms with Crippen LogP contribution in [-0.4, -0.2) is 75.7 Å². The number of morpholine rings is 2. The van der Waals surface area contributed by atoms with Crippen LogP contribution >= 0.6 is 34.8 Å².